The number of aromatic nitrogens is 4. The van der Waals surface area contributed by atoms with Gasteiger partial charge in [0.1, 0.15) is 11.6 Å². The summed E-state index contributed by atoms with van der Waals surface area (Å²) in [5.41, 5.74) is 3.47. The van der Waals surface area contributed by atoms with Crippen LogP contribution in [0.1, 0.15) is 45.1 Å². The topological polar surface area (TPSA) is 117 Å². The minimum absolute atomic E-state index is 0.202. The molecular formula is C30H36ClFN8O2S. The van der Waals surface area contributed by atoms with Gasteiger partial charge >= 0.3 is 0 Å². The maximum atomic E-state index is 15.2. The molecule has 0 bridgehead atoms. The molecule has 0 saturated carbocycles. The third-order valence-corrected chi connectivity index (χ3v) is 9.93. The van der Waals surface area contributed by atoms with E-state index in [9.17, 15) is 8.42 Å². The first kappa shape index (κ1) is 30.7. The van der Waals surface area contributed by atoms with E-state index >= 15 is 4.39 Å². The van der Waals surface area contributed by atoms with Crippen LogP contribution in [0.4, 0.5) is 33.2 Å². The number of piperidine rings is 1. The normalized spacial score (nSPS) is 15.0. The van der Waals surface area contributed by atoms with Crippen molar-refractivity contribution in [2.75, 3.05) is 35.5 Å². The Kier molecular flexibility index (Phi) is 8.64. The molecule has 0 amide bonds. The lowest BCUT2D eigenvalue weighted by atomic mass is 9.89. The third kappa shape index (κ3) is 7.09. The van der Waals surface area contributed by atoms with Crippen LogP contribution >= 0.6 is 11.6 Å². The second-order valence-electron chi connectivity index (χ2n) is 11.8. The van der Waals surface area contributed by atoms with E-state index in [1.54, 1.807) is 56.0 Å². The Bertz CT molecular complexity index is 1730. The molecule has 1 fully saturated rings. The SMILES string of the molecule is CN1CCC(c2ccc(Nc3ncc(-c4cnn(C)c4)c(Nc4ccc(Cl)c(NS(=O)(=O)C(C)(C)C)c4)n3)cc2F)CC1. The largest absolute Gasteiger partial charge is 0.339 e. The quantitative estimate of drug-likeness (QED) is 0.203. The molecule has 13 heteroatoms. The van der Waals surface area contributed by atoms with Crippen molar-refractivity contribution in [3.63, 3.8) is 0 Å². The molecule has 2 aromatic heterocycles. The van der Waals surface area contributed by atoms with Gasteiger partial charge in [0.05, 0.1) is 21.7 Å². The molecule has 2 aromatic carbocycles. The van der Waals surface area contributed by atoms with Crippen LogP contribution in [0.25, 0.3) is 11.1 Å². The standard InChI is InChI=1S/C30H36ClFN8O2S/c1-30(2,3)43(41,42)38-27-15-22(7-9-25(27)31)35-28-24(20-16-34-40(5)18-20)17-33-29(37-28)36-21-6-8-23(26(32)14-21)19-10-12-39(4)13-11-19/h6-9,14-19,38H,10-13H2,1-5H3,(H2,33,35,36,37). The van der Waals surface area contributed by atoms with Crippen LogP contribution < -0.4 is 15.4 Å². The fraction of sp³-hybridized carbons (Fsp3) is 0.367. The molecule has 5 rings (SSSR count). The Morgan fingerprint density at radius 2 is 1.70 bits per heavy atom. The lowest BCUT2D eigenvalue weighted by Gasteiger charge is -2.29. The minimum Gasteiger partial charge on any atom is -0.339 e. The lowest BCUT2D eigenvalue weighted by molar-refractivity contribution is 0.253. The predicted molar refractivity (Wildman–Crippen MR) is 170 cm³/mol. The molecule has 3 N–H and O–H groups in total. The number of halogens is 2. The van der Waals surface area contributed by atoms with Gasteiger partial charge < -0.3 is 15.5 Å². The van der Waals surface area contributed by atoms with Crippen molar-refractivity contribution in [1.82, 2.24) is 24.6 Å². The Hall–Kier alpha value is -3.74. The number of benzene rings is 2. The molecule has 10 nitrogen and oxygen atoms in total. The first-order chi connectivity index (χ1) is 20.3. The van der Waals surface area contributed by atoms with Gasteiger partial charge in [-0.2, -0.15) is 10.1 Å². The van der Waals surface area contributed by atoms with E-state index < -0.39 is 14.8 Å². The Labute approximate surface area is 256 Å². The highest BCUT2D eigenvalue weighted by Gasteiger charge is 2.29. The number of rotatable bonds is 8. The molecule has 0 aliphatic carbocycles. The molecule has 228 valence electrons. The molecule has 0 unspecified atom stereocenters. The monoisotopic (exact) mass is 626 g/mol. The van der Waals surface area contributed by atoms with Gasteiger partial charge in [-0.15, -0.1) is 0 Å². The maximum absolute atomic E-state index is 15.2. The predicted octanol–water partition coefficient (Wildman–Crippen LogP) is 6.51. The summed E-state index contributed by atoms with van der Waals surface area (Å²) in [6.07, 6.45) is 7.03. The van der Waals surface area contributed by atoms with Crippen molar-refractivity contribution in [2.45, 2.75) is 44.3 Å². The molecule has 3 heterocycles. The van der Waals surface area contributed by atoms with Crippen LogP contribution in [0.5, 0.6) is 0 Å². The van der Waals surface area contributed by atoms with E-state index in [1.165, 1.54) is 6.07 Å². The summed E-state index contributed by atoms with van der Waals surface area (Å²) in [5, 5.41) is 10.9. The number of sulfonamides is 1. The molecule has 43 heavy (non-hydrogen) atoms. The van der Waals surface area contributed by atoms with E-state index in [0.29, 0.717) is 22.8 Å². The third-order valence-electron chi connectivity index (χ3n) is 7.50. The summed E-state index contributed by atoms with van der Waals surface area (Å²) in [6.45, 7) is 6.72. The number of nitrogens with zero attached hydrogens (tertiary/aromatic N) is 5. The molecule has 1 aliphatic heterocycles. The fourth-order valence-electron chi connectivity index (χ4n) is 4.81. The molecule has 0 spiro atoms. The summed E-state index contributed by atoms with van der Waals surface area (Å²) in [5.74, 6) is 0.634. The summed E-state index contributed by atoms with van der Waals surface area (Å²) in [7, 11) is 0.185. The highest BCUT2D eigenvalue weighted by Crippen LogP contribution is 2.34. The number of likely N-dealkylation sites (tertiary alicyclic amines) is 1. The summed E-state index contributed by atoms with van der Waals surface area (Å²) < 4.78 is 44.0. The van der Waals surface area contributed by atoms with Crippen molar-refractivity contribution in [1.29, 1.82) is 0 Å². The fourth-order valence-corrected chi connectivity index (χ4v) is 5.79. The van der Waals surface area contributed by atoms with Crippen LogP contribution in [-0.4, -0.2) is 58.0 Å². The highest BCUT2D eigenvalue weighted by atomic mass is 35.5. The number of hydrogen-bond donors (Lipinski definition) is 3. The first-order valence-electron chi connectivity index (χ1n) is 14.0. The number of nitrogens with one attached hydrogen (secondary N) is 3. The van der Waals surface area contributed by atoms with E-state index in [-0.39, 0.29) is 28.4 Å². The van der Waals surface area contributed by atoms with Crippen molar-refractivity contribution in [2.24, 2.45) is 7.05 Å². The van der Waals surface area contributed by atoms with Crippen LogP contribution in [0, 0.1) is 5.82 Å². The van der Waals surface area contributed by atoms with E-state index in [4.69, 9.17) is 16.6 Å². The molecule has 1 aliphatic rings. The van der Waals surface area contributed by atoms with Gasteiger partial charge in [-0.05, 0) is 95.6 Å². The van der Waals surface area contributed by atoms with Gasteiger partial charge in [-0.1, -0.05) is 17.7 Å². The number of anilines is 5. The zero-order chi connectivity index (χ0) is 30.9. The van der Waals surface area contributed by atoms with Gasteiger partial charge in [0.25, 0.3) is 0 Å². The Balaban J connectivity index is 1.43. The summed E-state index contributed by atoms with van der Waals surface area (Å²) in [6, 6.07) is 10.1. The molecule has 4 aromatic rings. The zero-order valence-corrected chi connectivity index (χ0v) is 26.4. The van der Waals surface area contributed by atoms with Gasteiger partial charge in [-0.3, -0.25) is 9.40 Å². The van der Waals surface area contributed by atoms with Crippen molar-refractivity contribution in [3.05, 3.63) is 71.4 Å². The van der Waals surface area contributed by atoms with Crippen LogP contribution in [-0.2, 0) is 17.1 Å². The highest BCUT2D eigenvalue weighted by molar-refractivity contribution is 7.94. The van der Waals surface area contributed by atoms with E-state index in [1.807, 2.05) is 25.4 Å². The number of aryl methyl sites for hydroxylation is 1. The van der Waals surface area contributed by atoms with E-state index in [0.717, 1.165) is 37.1 Å². The summed E-state index contributed by atoms with van der Waals surface area (Å²) >= 11 is 6.35. The first-order valence-corrected chi connectivity index (χ1v) is 15.9. The Morgan fingerprint density at radius 3 is 2.35 bits per heavy atom. The second-order valence-corrected chi connectivity index (χ2v) is 14.7. The molecule has 0 radical (unpaired) electrons. The van der Waals surface area contributed by atoms with Gasteiger partial charge in [-0.25, -0.2) is 17.8 Å². The van der Waals surface area contributed by atoms with Crippen molar-refractivity contribution in [3.8, 4) is 11.1 Å². The molecule has 1 saturated heterocycles. The zero-order valence-electron chi connectivity index (χ0n) is 24.8. The van der Waals surface area contributed by atoms with Crippen LogP contribution in [0.2, 0.25) is 5.02 Å². The molecule has 0 atom stereocenters. The van der Waals surface area contributed by atoms with Gasteiger partial charge in [0, 0.05) is 41.9 Å². The van der Waals surface area contributed by atoms with Crippen LogP contribution in [0.15, 0.2) is 55.0 Å². The number of hydrogen-bond acceptors (Lipinski definition) is 8. The molecular weight excluding hydrogens is 591 g/mol. The Morgan fingerprint density at radius 1 is 1.00 bits per heavy atom. The average Bonchev–Trinajstić information content (AvgIpc) is 3.36. The van der Waals surface area contributed by atoms with E-state index in [2.05, 4.69) is 37.4 Å². The lowest BCUT2D eigenvalue weighted by Crippen LogP contribution is -2.33. The van der Waals surface area contributed by atoms with Gasteiger partial charge in [0.2, 0.25) is 16.0 Å². The van der Waals surface area contributed by atoms with Crippen LogP contribution in [0.3, 0.4) is 0 Å². The van der Waals surface area contributed by atoms with Gasteiger partial charge in [0.15, 0.2) is 0 Å². The van der Waals surface area contributed by atoms with Crippen molar-refractivity contribution < 1.29 is 12.8 Å². The smallest absolute Gasteiger partial charge is 0.237 e. The van der Waals surface area contributed by atoms with Crippen molar-refractivity contribution >= 4 is 50.5 Å². The minimum atomic E-state index is -3.71. The average molecular weight is 627 g/mol. The maximum Gasteiger partial charge on any atom is 0.237 e. The summed E-state index contributed by atoms with van der Waals surface area (Å²) in [4.78, 5) is 11.4. The second kappa shape index (κ2) is 12.1.